The standard InChI is InChI=1S/C11H19N5/c1-16-4-2-9(3-5-16)6-13-11-14-7-10(12)8-15-11/h7-9H,2-6,12H2,1H3,(H,13,14,15). The van der Waals surface area contributed by atoms with Crippen molar-refractivity contribution in [2.24, 2.45) is 5.92 Å². The van der Waals surface area contributed by atoms with E-state index in [0.29, 0.717) is 11.6 Å². The minimum absolute atomic E-state index is 0.602. The Bertz CT molecular complexity index is 316. The molecular weight excluding hydrogens is 202 g/mol. The fraction of sp³-hybridized carbons (Fsp3) is 0.636. The molecule has 5 nitrogen and oxygen atoms in total. The predicted octanol–water partition coefficient (Wildman–Crippen LogP) is 0.812. The molecule has 0 spiro atoms. The van der Waals surface area contributed by atoms with Crippen molar-refractivity contribution < 1.29 is 0 Å². The maximum Gasteiger partial charge on any atom is 0.222 e. The Balaban J connectivity index is 1.77. The molecule has 0 bridgehead atoms. The van der Waals surface area contributed by atoms with Gasteiger partial charge in [-0.1, -0.05) is 0 Å². The summed E-state index contributed by atoms with van der Waals surface area (Å²) in [4.78, 5) is 10.6. The van der Waals surface area contributed by atoms with Gasteiger partial charge in [0.1, 0.15) is 0 Å². The maximum atomic E-state index is 5.52. The molecule has 1 aromatic heterocycles. The van der Waals surface area contributed by atoms with Crippen LogP contribution < -0.4 is 11.1 Å². The first kappa shape index (κ1) is 11.1. The molecule has 1 fully saturated rings. The summed E-state index contributed by atoms with van der Waals surface area (Å²) in [6, 6.07) is 0. The average molecular weight is 221 g/mol. The van der Waals surface area contributed by atoms with Gasteiger partial charge >= 0.3 is 0 Å². The molecule has 0 aliphatic carbocycles. The van der Waals surface area contributed by atoms with Crippen molar-refractivity contribution in [2.45, 2.75) is 12.8 Å². The summed E-state index contributed by atoms with van der Waals surface area (Å²) in [6.45, 7) is 3.33. The van der Waals surface area contributed by atoms with E-state index >= 15 is 0 Å². The Hall–Kier alpha value is -1.36. The zero-order chi connectivity index (χ0) is 11.4. The summed E-state index contributed by atoms with van der Waals surface area (Å²) < 4.78 is 0. The van der Waals surface area contributed by atoms with Crippen LogP contribution in [0.3, 0.4) is 0 Å². The number of nitrogen functional groups attached to an aromatic ring is 1. The van der Waals surface area contributed by atoms with Gasteiger partial charge in [-0.2, -0.15) is 0 Å². The number of hydrogen-bond acceptors (Lipinski definition) is 5. The van der Waals surface area contributed by atoms with Gasteiger partial charge in [-0.25, -0.2) is 9.97 Å². The van der Waals surface area contributed by atoms with E-state index in [1.807, 2.05) is 0 Å². The fourth-order valence-corrected chi connectivity index (χ4v) is 1.93. The van der Waals surface area contributed by atoms with Crippen LogP contribution in [-0.4, -0.2) is 41.5 Å². The van der Waals surface area contributed by atoms with Gasteiger partial charge < -0.3 is 16.0 Å². The Kier molecular flexibility index (Phi) is 3.56. The number of nitrogens with two attached hydrogens (primary N) is 1. The predicted molar refractivity (Wildman–Crippen MR) is 65.2 cm³/mol. The molecule has 16 heavy (non-hydrogen) atoms. The SMILES string of the molecule is CN1CCC(CNc2ncc(N)cn2)CC1. The third kappa shape index (κ3) is 3.06. The van der Waals surface area contributed by atoms with E-state index in [4.69, 9.17) is 5.73 Å². The highest BCUT2D eigenvalue weighted by Gasteiger charge is 2.16. The maximum absolute atomic E-state index is 5.52. The normalized spacial score (nSPS) is 18.6. The second kappa shape index (κ2) is 5.12. The van der Waals surface area contributed by atoms with E-state index < -0.39 is 0 Å². The second-order valence-corrected chi connectivity index (χ2v) is 4.47. The van der Waals surface area contributed by atoms with Gasteiger partial charge in [0.2, 0.25) is 5.95 Å². The van der Waals surface area contributed by atoms with Crippen molar-refractivity contribution in [3.05, 3.63) is 12.4 Å². The van der Waals surface area contributed by atoms with Gasteiger partial charge in [0, 0.05) is 6.54 Å². The number of aromatic nitrogens is 2. The smallest absolute Gasteiger partial charge is 0.222 e. The zero-order valence-corrected chi connectivity index (χ0v) is 9.69. The number of piperidine rings is 1. The lowest BCUT2D eigenvalue weighted by atomic mass is 9.97. The summed E-state index contributed by atoms with van der Waals surface area (Å²) in [7, 11) is 2.17. The molecule has 1 saturated heterocycles. The van der Waals surface area contributed by atoms with E-state index in [9.17, 15) is 0 Å². The minimum Gasteiger partial charge on any atom is -0.396 e. The van der Waals surface area contributed by atoms with Gasteiger partial charge in [-0.15, -0.1) is 0 Å². The van der Waals surface area contributed by atoms with Gasteiger partial charge in [0.25, 0.3) is 0 Å². The van der Waals surface area contributed by atoms with Gasteiger partial charge in [-0.3, -0.25) is 0 Å². The average Bonchev–Trinajstić information content (AvgIpc) is 2.30. The van der Waals surface area contributed by atoms with Crippen LogP contribution in [0.25, 0.3) is 0 Å². The van der Waals surface area contributed by atoms with Crippen molar-refractivity contribution in [1.29, 1.82) is 0 Å². The molecule has 0 unspecified atom stereocenters. The topological polar surface area (TPSA) is 67.1 Å². The Labute approximate surface area is 96.1 Å². The van der Waals surface area contributed by atoms with E-state index in [-0.39, 0.29) is 0 Å². The van der Waals surface area contributed by atoms with Crippen LogP contribution in [0, 0.1) is 5.92 Å². The number of nitrogens with one attached hydrogen (secondary N) is 1. The van der Waals surface area contributed by atoms with E-state index in [2.05, 4.69) is 27.2 Å². The second-order valence-electron chi connectivity index (χ2n) is 4.47. The Morgan fingerprint density at radius 3 is 2.62 bits per heavy atom. The van der Waals surface area contributed by atoms with Crippen LogP contribution in [0.15, 0.2) is 12.4 Å². The van der Waals surface area contributed by atoms with Crippen LogP contribution in [0.5, 0.6) is 0 Å². The summed E-state index contributed by atoms with van der Waals surface area (Å²) in [6.07, 6.45) is 5.75. The highest BCUT2D eigenvalue weighted by Crippen LogP contribution is 2.16. The van der Waals surface area contributed by atoms with Crippen LogP contribution in [-0.2, 0) is 0 Å². The fourth-order valence-electron chi connectivity index (χ4n) is 1.93. The van der Waals surface area contributed by atoms with Crippen molar-refractivity contribution in [2.75, 3.05) is 37.7 Å². The van der Waals surface area contributed by atoms with Gasteiger partial charge in [0.15, 0.2) is 0 Å². The number of hydrogen-bond donors (Lipinski definition) is 2. The molecule has 0 saturated carbocycles. The largest absolute Gasteiger partial charge is 0.396 e. The number of nitrogens with zero attached hydrogens (tertiary/aromatic N) is 3. The zero-order valence-electron chi connectivity index (χ0n) is 9.69. The summed E-state index contributed by atoms with van der Waals surface area (Å²) >= 11 is 0. The number of anilines is 2. The van der Waals surface area contributed by atoms with Crippen molar-refractivity contribution in [3.8, 4) is 0 Å². The van der Waals surface area contributed by atoms with Crippen molar-refractivity contribution >= 4 is 11.6 Å². The lowest BCUT2D eigenvalue weighted by molar-refractivity contribution is 0.226. The van der Waals surface area contributed by atoms with Crippen molar-refractivity contribution in [3.63, 3.8) is 0 Å². The molecule has 3 N–H and O–H groups in total. The molecule has 2 rings (SSSR count). The number of likely N-dealkylation sites (tertiary alicyclic amines) is 1. The third-order valence-corrected chi connectivity index (χ3v) is 3.06. The highest BCUT2D eigenvalue weighted by molar-refractivity contribution is 5.35. The molecule has 5 heteroatoms. The molecule has 2 heterocycles. The summed E-state index contributed by atoms with van der Waals surface area (Å²) in [5.74, 6) is 1.41. The molecule has 88 valence electrons. The van der Waals surface area contributed by atoms with Gasteiger partial charge in [0.05, 0.1) is 18.1 Å². The van der Waals surface area contributed by atoms with E-state index in [1.165, 1.54) is 25.9 Å². The quantitative estimate of drug-likeness (QED) is 0.790. The molecule has 0 atom stereocenters. The first-order valence-electron chi connectivity index (χ1n) is 5.74. The lowest BCUT2D eigenvalue weighted by Gasteiger charge is -2.28. The lowest BCUT2D eigenvalue weighted by Crippen LogP contribution is -2.33. The first-order chi connectivity index (χ1) is 7.74. The summed E-state index contributed by atoms with van der Waals surface area (Å²) in [5.41, 5.74) is 6.12. The third-order valence-electron chi connectivity index (χ3n) is 3.06. The monoisotopic (exact) mass is 221 g/mol. The van der Waals surface area contributed by atoms with Gasteiger partial charge in [-0.05, 0) is 38.9 Å². The van der Waals surface area contributed by atoms with Crippen LogP contribution in [0.2, 0.25) is 0 Å². The molecule has 1 aliphatic rings. The van der Waals surface area contributed by atoms with Crippen LogP contribution in [0.1, 0.15) is 12.8 Å². The van der Waals surface area contributed by atoms with Crippen molar-refractivity contribution in [1.82, 2.24) is 14.9 Å². The molecular formula is C11H19N5. The molecule has 0 amide bonds. The van der Waals surface area contributed by atoms with Crippen LogP contribution in [0.4, 0.5) is 11.6 Å². The Morgan fingerprint density at radius 2 is 2.00 bits per heavy atom. The first-order valence-corrected chi connectivity index (χ1v) is 5.74. The molecule has 0 aromatic carbocycles. The summed E-state index contributed by atoms with van der Waals surface area (Å²) in [5, 5.41) is 3.26. The minimum atomic E-state index is 0.602. The molecule has 1 aliphatic heterocycles. The molecule has 1 aromatic rings. The molecule has 0 radical (unpaired) electrons. The number of rotatable bonds is 3. The van der Waals surface area contributed by atoms with Crippen LogP contribution >= 0.6 is 0 Å². The Morgan fingerprint density at radius 1 is 1.38 bits per heavy atom. The van der Waals surface area contributed by atoms with E-state index in [0.717, 1.165) is 12.5 Å². The van der Waals surface area contributed by atoms with E-state index in [1.54, 1.807) is 12.4 Å². The highest BCUT2D eigenvalue weighted by atomic mass is 15.1.